The second kappa shape index (κ2) is 8.40. The Morgan fingerprint density at radius 3 is 1.63 bits per heavy atom. The quantitative estimate of drug-likeness (QED) is 0.559. The number of hydrogen-bond donors (Lipinski definition) is 0. The largest absolute Gasteiger partial charge is 0.0651 e. The van der Waals surface area contributed by atoms with Gasteiger partial charge in [-0.1, -0.05) is 66.0 Å². The Hall–Kier alpha value is -0.780. The highest BCUT2D eigenvalue weighted by atomic mass is 14.2. The summed E-state index contributed by atoms with van der Waals surface area (Å²) in [5.41, 5.74) is 6.48. The molecule has 0 saturated heterocycles. The first-order valence-corrected chi connectivity index (χ1v) is 8.25. The molecule has 0 heterocycles. The molecule has 0 unspecified atom stereocenters. The molecule has 0 spiro atoms. The second-order valence-corrected chi connectivity index (χ2v) is 6.24. The van der Waals surface area contributed by atoms with Crippen LogP contribution in [0.1, 0.15) is 76.1 Å². The van der Waals surface area contributed by atoms with Crippen LogP contribution in [0.2, 0.25) is 0 Å². The SMILES string of the molecule is CCCc1cc(CCC)c(CC(C)C)c(CCC)c1. The molecule has 0 N–H and O–H groups in total. The van der Waals surface area contributed by atoms with E-state index in [4.69, 9.17) is 0 Å². The summed E-state index contributed by atoms with van der Waals surface area (Å²) in [5.74, 6) is 0.753. The van der Waals surface area contributed by atoms with Gasteiger partial charge in [0.2, 0.25) is 0 Å². The molecule has 108 valence electrons. The van der Waals surface area contributed by atoms with E-state index in [-0.39, 0.29) is 0 Å². The average Bonchev–Trinajstić information content (AvgIpc) is 2.34. The minimum atomic E-state index is 0.753. The predicted molar refractivity (Wildman–Crippen MR) is 87.0 cm³/mol. The lowest BCUT2D eigenvalue weighted by atomic mass is 9.87. The van der Waals surface area contributed by atoms with Crippen LogP contribution in [0.4, 0.5) is 0 Å². The minimum absolute atomic E-state index is 0.753. The lowest BCUT2D eigenvalue weighted by Gasteiger charge is -2.18. The van der Waals surface area contributed by atoms with E-state index in [1.807, 2.05) is 0 Å². The Kier molecular flexibility index (Phi) is 7.20. The van der Waals surface area contributed by atoms with E-state index in [0.717, 1.165) is 5.92 Å². The summed E-state index contributed by atoms with van der Waals surface area (Å²) in [6, 6.07) is 4.98. The molecule has 0 heteroatoms. The van der Waals surface area contributed by atoms with Crippen molar-refractivity contribution in [3.05, 3.63) is 34.4 Å². The van der Waals surface area contributed by atoms with Crippen LogP contribution in [0.25, 0.3) is 0 Å². The van der Waals surface area contributed by atoms with E-state index in [9.17, 15) is 0 Å². The van der Waals surface area contributed by atoms with E-state index in [1.165, 1.54) is 44.9 Å². The third-order valence-corrected chi connectivity index (χ3v) is 3.68. The Morgan fingerprint density at radius 2 is 1.26 bits per heavy atom. The summed E-state index contributed by atoms with van der Waals surface area (Å²) in [4.78, 5) is 0. The van der Waals surface area contributed by atoms with Crippen molar-refractivity contribution in [2.75, 3.05) is 0 Å². The van der Waals surface area contributed by atoms with Crippen molar-refractivity contribution >= 4 is 0 Å². The van der Waals surface area contributed by atoms with E-state index in [1.54, 1.807) is 22.3 Å². The fourth-order valence-electron chi connectivity index (χ4n) is 2.96. The zero-order valence-electron chi connectivity index (χ0n) is 13.7. The molecule has 0 aromatic heterocycles. The molecule has 19 heavy (non-hydrogen) atoms. The number of hydrogen-bond acceptors (Lipinski definition) is 0. The van der Waals surface area contributed by atoms with Crippen molar-refractivity contribution < 1.29 is 0 Å². The molecule has 0 saturated carbocycles. The molecule has 0 aliphatic rings. The van der Waals surface area contributed by atoms with Gasteiger partial charge in [-0.15, -0.1) is 0 Å². The molecule has 1 aromatic rings. The fraction of sp³-hybridized carbons (Fsp3) is 0.684. The lowest BCUT2D eigenvalue weighted by molar-refractivity contribution is 0.634. The molecule has 0 nitrogen and oxygen atoms in total. The molecule has 0 fully saturated rings. The van der Waals surface area contributed by atoms with E-state index < -0.39 is 0 Å². The number of benzene rings is 1. The Bertz CT molecular complexity index is 347. The van der Waals surface area contributed by atoms with Gasteiger partial charge in [0, 0.05) is 0 Å². The molecule has 0 atom stereocenters. The van der Waals surface area contributed by atoms with Crippen LogP contribution < -0.4 is 0 Å². The molecular formula is C19H32. The van der Waals surface area contributed by atoms with Crippen LogP contribution >= 0.6 is 0 Å². The molecule has 0 bridgehead atoms. The molecule has 0 radical (unpaired) electrons. The lowest BCUT2D eigenvalue weighted by Crippen LogP contribution is -2.06. The topological polar surface area (TPSA) is 0 Å². The van der Waals surface area contributed by atoms with Crippen LogP contribution in [0.15, 0.2) is 12.1 Å². The maximum Gasteiger partial charge on any atom is -0.0250 e. The summed E-state index contributed by atoms with van der Waals surface area (Å²) in [6.45, 7) is 11.5. The van der Waals surface area contributed by atoms with E-state index in [0.29, 0.717) is 0 Å². The first-order valence-electron chi connectivity index (χ1n) is 8.25. The molecule has 1 rings (SSSR count). The van der Waals surface area contributed by atoms with Crippen molar-refractivity contribution in [3.8, 4) is 0 Å². The van der Waals surface area contributed by atoms with Gasteiger partial charge in [0.15, 0.2) is 0 Å². The van der Waals surface area contributed by atoms with Gasteiger partial charge in [-0.2, -0.15) is 0 Å². The van der Waals surface area contributed by atoms with Crippen molar-refractivity contribution in [1.82, 2.24) is 0 Å². The van der Waals surface area contributed by atoms with Gasteiger partial charge in [0.1, 0.15) is 0 Å². The smallest absolute Gasteiger partial charge is 0.0250 e. The zero-order chi connectivity index (χ0) is 14.3. The first kappa shape index (κ1) is 16.3. The summed E-state index contributed by atoms with van der Waals surface area (Å²) in [7, 11) is 0. The van der Waals surface area contributed by atoms with Crippen molar-refractivity contribution in [2.24, 2.45) is 5.92 Å². The number of aryl methyl sites for hydroxylation is 3. The maximum atomic E-state index is 2.49. The highest BCUT2D eigenvalue weighted by molar-refractivity contribution is 5.40. The maximum absolute atomic E-state index is 2.49. The van der Waals surface area contributed by atoms with E-state index >= 15 is 0 Å². The minimum Gasteiger partial charge on any atom is -0.0651 e. The molecule has 1 aromatic carbocycles. The van der Waals surface area contributed by atoms with Gasteiger partial charge < -0.3 is 0 Å². The van der Waals surface area contributed by atoms with E-state index in [2.05, 4.69) is 46.8 Å². The highest BCUT2D eigenvalue weighted by Gasteiger charge is 2.11. The van der Waals surface area contributed by atoms with Gasteiger partial charge in [-0.3, -0.25) is 0 Å². The van der Waals surface area contributed by atoms with Crippen molar-refractivity contribution in [2.45, 2.75) is 79.6 Å². The van der Waals surface area contributed by atoms with Gasteiger partial charge >= 0.3 is 0 Å². The second-order valence-electron chi connectivity index (χ2n) is 6.24. The third kappa shape index (κ3) is 5.01. The normalized spacial score (nSPS) is 11.3. The van der Waals surface area contributed by atoms with Crippen LogP contribution in [0, 0.1) is 5.92 Å². The first-order chi connectivity index (χ1) is 9.12. The number of rotatable bonds is 8. The summed E-state index contributed by atoms with van der Waals surface area (Å²) >= 11 is 0. The predicted octanol–water partition coefficient (Wildman–Crippen LogP) is 5.74. The average molecular weight is 260 g/mol. The third-order valence-electron chi connectivity index (χ3n) is 3.68. The fourth-order valence-corrected chi connectivity index (χ4v) is 2.96. The summed E-state index contributed by atoms with van der Waals surface area (Å²) in [5, 5.41) is 0. The standard InChI is InChI=1S/C19H32/c1-6-9-16-13-17(10-7-2)19(12-15(4)5)18(14-16)11-8-3/h13-15H,6-12H2,1-5H3. The Morgan fingerprint density at radius 1 is 0.789 bits per heavy atom. The molecule has 0 amide bonds. The van der Waals surface area contributed by atoms with Crippen molar-refractivity contribution in [1.29, 1.82) is 0 Å². The summed E-state index contributed by atoms with van der Waals surface area (Å²) < 4.78 is 0. The molecule has 0 aliphatic heterocycles. The Balaban J connectivity index is 3.19. The van der Waals surface area contributed by atoms with Crippen LogP contribution in [0.3, 0.4) is 0 Å². The van der Waals surface area contributed by atoms with Gasteiger partial charge in [-0.05, 0) is 53.9 Å². The van der Waals surface area contributed by atoms with Gasteiger partial charge in [0.25, 0.3) is 0 Å². The van der Waals surface area contributed by atoms with Gasteiger partial charge in [0.05, 0.1) is 0 Å². The Labute approximate surface area is 120 Å². The summed E-state index contributed by atoms with van der Waals surface area (Å²) in [6.07, 6.45) is 8.73. The van der Waals surface area contributed by atoms with Crippen LogP contribution in [-0.4, -0.2) is 0 Å². The monoisotopic (exact) mass is 260 g/mol. The zero-order valence-corrected chi connectivity index (χ0v) is 13.7. The van der Waals surface area contributed by atoms with Crippen LogP contribution in [0.5, 0.6) is 0 Å². The van der Waals surface area contributed by atoms with Crippen LogP contribution in [-0.2, 0) is 25.7 Å². The molecular weight excluding hydrogens is 228 g/mol. The van der Waals surface area contributed by atoms with Crippen molar-refractivity contribution in [3.63, 3.8) is 0 Å². The molecule has 0 aliphatic carbocycles. The van der Waals surface area contributed by atoms with Gasteiger partial charge in [-0.25, -0.2) is 0 Å². The highest BCUT2D eigenvalue weighted by Crippen LogP contribution is 2.24.